The van der Waals surface area contributed by atoms with Crippen LogP contribution in [0.3, 0.4) is 0 Å². The lowest BCUT2D eigenvalue weighted by Gasteiger charge is -2.26. The van der Waals surface area contributed by atoms with E-state index in [-0.39, 0.29) is 29.7 Å². The van der Waals surface area contributed by atoms with E-state index in [4.69, 9.17) is 4.42 Å². The maximum Gasteiger partial charge on any atom is 0.252 e. The number of hydrogen-bond donors (Lipinski definition) is 1. The van der Waals surface area contributed by atoms with Crippen molar-refractivity contribution in [2.75, 3.05) is 6.54 Å². The lowest BCUT2D eigenvalue weighted by molar-refractivity contribution is -0.132. The van der Waals surface area contributed by atoms with Crippen LogP contribution in [0.1, 0.15) is 66.5 Å². The van der Waals surface area contributed by atoms with Crippen molar-refractivity contribution in [1.29, 1.82) is 0 Å². The average Bonchev–Trinajstić information content (AvgIpc) is 3.16. The van der Waals surface area contributed by atoms with Crippen molar-refractivity contribution in [2.24, 2.45) is 0 Å². The van der Waals surface area contributed by atoms with Crippen LogP contribution in [-0.2, 0) is 23.2 Å². The molecule has 6 nitrogen and oxygen atoms in total. The number of carbonyl (C=O) groups excluding carboxylic acids is 2. The summed E-state index contributed by atoms with van der Waals surface area (Å²) < 4.78 is 5.89. The first-order valence-corrected chi connectivity index (χ1v) is 8.99. The van der Waals surface area contributed by atoms with Crippen molar-refractivity contribution < 1.29 is 14.0 Å². The van der Waals surface area contributed by atoms with Gasteiger partial charge in [-0.2, -0.15) is 0 Å². The normalized spacial score (nSPS) is 19.1. The maximum atomic E-state index is 12.8. The van der Waals surface area contributed by atoms with Crippen molar-refractivity contribution in [2.45, 2.75) is 51.6 Å². The van der Waals surface area contributed by atoms with E-state index in [2.05, 4.69) is 31.1 Å². The fraction of sp³-hybridized carbons (Fsp3) is 0.450. The SMILES string of the molecule is CC(C)(C)c1nc2c(o1)CCN(C(=O)CC1NC(=O)c3ccccc31)C2. The van der Waals surface area contributed by atoms with E-state index in [9.17, 15) is 9.59 Å². The summed E-state index contributed by atoms with van der Waals surface area (Å²) in [4.78, 5) is 31.3. The highest BCUT2D eigenvalue weighted by Gasteiger charge is 2.33. The number of nitrogens with zero attached hydrogens (tertiary/aromatic N) is 2. The van der Waals surface area contributed by atoms with Crippen molar-refractivity contribution in [3.63, 3.8) is 0 Å². The highest BCUT2D eigenvalue weighted by Crippen LogP contribution is 2.30. The first kappa shape index (κ1) is 16.8. The van der Waals surface area contributed by atoms with Gasteiger partial charge in [0.2, 0.25) is 5.91 Å². The number of rotatable bonds is 2. The lowest BCUT2D eigenvalue weighted by atomic mass is 9.97. The molecule has 0 saturated heterocycles. The van der Waals surface area contributed by atoms with E-state index in [1.807, 2.05) is 23.1 Å². The Morgan fingerprint density at radius 1 is 1.35 bits per heavy atom. The van der Waals surface area contributed by atoms with E-state index in [0.717, 1.165) is 17.0 Å². The van der Waals surface area contributed by atoms with E-state index in [0.29, 0.717) is 31.0 Å². The molecule has 0 spiro atoms. The molecule has 1 N–H and O–H groups in total. The summed E-state index contributed by atoms with van der Waals surface area (Å²) in [6, 6.07) is 7.19. The smallest absolute Gasteiger partial charge is 0.252 e. The van der Waals surface area contributed by atoms with Crippen LogP contribution in [0.2, 0.25) is 0 Å². The molecule has 6 heteroatoms. The molecular formula is C20H23N3O3. The lowest BCUT2D eigenvalue weighted by Crippen LogP contribution is -2.37. The van der Waals surface area contributed by atoms with Crippen molar-refractivity contribution in [3.8, 4) is 0 Å². The predicted octanol–water partition coefficient (Wildman–Crippen LogP) is 2.73. The minimum Gasteiger partial charge on any atom is -0.445 e. The standard InChI is InChI=1S/C20H23N3O3/c1-20(2,3)19-22-15-11-23(9-8-16(15)26-19)17(24)10-14-12-6-4-5-7-13(12)18(25)21-14/h4-7,14H,8-11H2,1-3H3,(H,21,25). The number of fused-ring (bicyclic) bond motifs is 2. The predicted molar refractivity (Wildman–Crippen MR) is 95.6 cm³/mol. The number of benzene rings is 1. The van der Waals surface area contributed by atoms with Crippen molar-refractivity contribution >= 4 is 11.8 Å². The zero-order valence-electron chi connectivity index (χ0n) is 15.3. The number of oxazole rings is 1. The molecule has 3 heterocycles. The molecule has 2 amide bonds. The zero-order chi connectivity index (χ0) is 18.5. The quantitative estimate of drug-likeness (QED) is 0.901. The summed E-state index contributed by atoms with van der Waals surface area (Å²) in [5.41, 5.74) is 2.27. The molecule has 0 aliphatic carbocycles. The van der Waals surface area contributed by atoms with Crippen LogP contribution in [0, 0.1) is 0 Å². The largest absolute Gasteiger partial charge is 0.445 e. The van der Waals surface area contributed by atoms with Gasteiger partial charge in [-0.25, -0.2) is 4.98 Å². The topological polar surface area (TPSA) is 75.4 Å². The van der Waals surface area contributed by atoms with Gasteiger partial charge in [0.05, 0.1) is 19.0 Å². The van der Waals surface area contributed by atoms with Crippen LogP contribution in [-0.4, -0.2) is 28.2 Å². The third-order valence-corrected chi connectivity index (χ3v) is 4.99. The summed E-state index contributed by atoms with van der Waals surface area (Å²) in [5.74, 6) is 1.52. The Labute approximate surface area is 152 Å². The average molecular weight is 353 g/mol. The highest BCUT2D eigenvalue weighted by molar-refractivity contribution is 5.99. The fourth-order valence-electron chi connectivity index (χ4n) is 3.52. The first-order valence-electron chi connectivity index (χ1n) is 8.99. The van der Waals surface area contributed by atoms with Crippen LogP contribution in [0.5, 0.6) is 0 Å². The first-order chi connectivity index (χ1) is 12.3. The van der Waals surface area contributed by atoms with Crippen LogP contribution in [0.4, 0.5) is 0 Å². The Bertz CT molecular complexity index is 879. The van der Waals surface area contributed by atoms with Gasteiger partial charge in [-0.05, 0) is 11.6 Å². The number of aromatic nitrogens is 1. The van der Waals surface area contributed by atoms with E-state index in [1.165, 1.54) is 0 Å². The van der Waals surface area contributed by atoms with Crippen molar-refractivity contribution in [3.05, 3.63) is 52.7 Å². The Kier molecular flexibility index (Phi) is 3.86. The third-order valence-electron chi connectivity index (χ3n) is 4.99. The molecule has 1 aromatic heterocycles. The molecule has 26 heavy (non-hydrogen) atoms. The second kappa shape index (κ2) is 5.97. The zero-order valence-corrected chi connectivity index (χ0v) is 15.3. The summed E-state index contributed by atoms with van der Waals surface area (Å²) in [6.07, 6.45) is 0.944. The molecule has 2 aliphatic rings. The van der Waals surface area contributed by atoms with Gasteiger partial charge >= 0.3 is 0 Å². The Balaban J connectivity index is 1.47. The molecule has 0 saturated carbocycles. The van der Waals surface area contributed by atoms with Gasteiger partial charge in [0.1, 0.15) is 11.5 Å². The van der Waals surface area contributed by atoms with Gasteiger partial charge < -0.3 is 14.6 Å². The number of nitrogens with one attached hydrogen (secondary N) is 1. The van der Waals surface area contributed by atoms with E-state index >= 15 is 0 Å². The molecular weight excluding hydrogens is 330 g/mol. The van der Waals surface area contributed by atoms with Gasteiger partial charge in [0.15, 0.2) is 5.89 Å². The van der Waals surface area contributed by atoms with Gasteiger partial charge in [-0.3, -0.25) is 9.59 Å². The van der Waals surface area contributed by atoms with Crippen LogP contribution in [0.15, 0.2) is 28.7 Å². The molecule has 136 valence electrons. The van der Waals surface area contributed by atoms with E-state index in [1.54, 1.807) is 6.07 Å². The Morgan fingerprint density at radius 2 is 2.12 bits per heavy atom. The second-order valence-electron chi connectivity index (χ2n) is 8.02. The molecule has 0 fully saturated rings. The molecule has 2 aliphatic heterocycles. The van der Waals surface area contributed by atoms with Crippen LogP contribution in [0.25, 0.3) is 0 Å². The Morgan fingerprint density at radius 3 is 2.88 bits per heavy atom. The van der Waals surface area contributed by atoms with Gasteiger partial charge in [0, 0.05) is 23.9 Å². The molecule has 1 aromatic carbocycles. The minimum atomic E-state index is -0.255. The van der Waals surface area contributed by atoms with Gasteiger partial charge in [0.25, 0.3) is 5.91 Å². The Hall–Kier alpha value is -2.63. The molecule has 0 radical (unpaired) electrons. The number of amides is 2. The van der Waals surface area contributed by atoms with Gasteiger partial charge in [-0.15, -0.1) is 0 Å². The molecule has 4 rings (SSSR count). The fourth-order valence-corrected chi connectivity index (χ4v) is 3.52. The summed E-state index contributed by atoms with van der Waals surface area (Å²) >= 11 is 0. The monoisotopic (exact) mass is 353 g/mol. The van der Waals surface area contributed by atoms with Crippen LogP contribution < -0.4 is 5.32 Å². The third kappa shape index (κ3) is 2.89. The summed E-state index contributed by atoms with van der Waals surface area (Å²) in [6.45, 7) is 7.28. The molecule has 0 bridgehead atoms. The summed E-state index contributed by atoms with van der Waals surface area (Å²) in [7, 11) is 0. The van der Waals surface area contributed by atoms with Crippen molar-refractivity contribution in [1.82, 2.24) is 15.2 Å². The highest BCUT2D eigenvalue weighted by atomic mass is 16.4. The van der Waals surface area contributed by atoms with Gasteiger partial charge in [-0.1, -0.05) is 39.0 Å². The second-order valence-corrected chi connectivity index (χ2v) is 8.02. The molecule has 2 aromatic rings. The maximum absolute atomic E-state index is 12.8. The van der Waals surface area contributed by atoms with E-state index < -0.39 is 0 Å². The molecule has 1 unspecified atom stereocenters. The number of carbonyl (C=O) groups is 2. The minimum absolute atomic E-state index is 0.0259. The van der Waals surface area contributed by atoms with Crippen LogP contribution >= 0.6 is 0 Å². The molecule has 1 atom stereocenters. The number of hydrogen-bond acceptors (Lipinski definition) is 4. The summed E-state index contributed by atoms with van der Waals surface area (Å²) in [5, 5.41) is 2.91.